The molecule has 0 aliphatic carbocycles. The molecule has 0 rings (SSSR count). The molecule has 0 saturated heterocycles. The molecule has 1 atom stereocenters. The second kappa shape index (κ2) is 9.80. The Morgan fingerprint density at radius 1 is 1.29 bits per heavy atom. The number of hydrogen-bond acceptors (Lipinski definition) is 5. The van der Waals surface area contributed by atoms with Gasteiger partial charge in [-0.25, -0.2) is 4.79 Å². The van der Waals surface area contributed by atoms with Crippen molar-refractivity contribution >= 4 is 11.9 Å². The van der Waals surface area contributed by atoms with Gasteiger partial charge in [0.05, 0.1) is 6.61 Å². The fourth-order valence-electron chi connectivity index (χ4n) is 1.06. The molecule has 0 aromatic carbocycles. The minimum absolute atomic E-state index is 0.0526. The van der Waals surface area contributed by atoms with Gasteiger partial charge in [0.15, 0.2) is 6.29 Å². The van der Waals surface area contributed by atoms with Gasteiger partial charge in [-0.15, -0.1) is 0 Å². The molecule has 2 N–H and O–H groups in total. The van der Waals surface area contributed by atoms with Gasteiger partial charge in [-0.2, -0.15) is 0 Å². The van der Waals surface area contributed by atoms with Crippen LogP contribution in [0.15, 0.2) is 12.7 Å². The van der Waals surface area contributed by atoms with Crippen molar-refractivity contribution in [1.29, 1.82) is 0 Å². The molecule has 98 valence electrons. The van der Waals surface area contributed by atoms with E-state index in [1.807, 2.05) is 0 Å². The van der Waals surface area contributed by atoms with Crippen molar-refractivity contribution in [3.8, 4) is 0 Å². The number of carbonyl (C=O) groups excluding carboxylic acids is 1. The number of carboxylic acid groups (broad SMARTS) is 1. The van der Waals surface area contributed by atoms with Gasteiger partial charge in [-0.3, -0.25) is 4.79 Å². The van der Waals surface area contributed by atoms with E-state index in [2.05, 4.69) is 11.3 Å². The van der Waals surface area contributed by atoms with Gasteiger partial charge in [-0.1, -0.05) is 6.58 Å². The lowest BCUT2D eigenvalue weighted by atomic mass is 10.2. The van der Waals surface area contributed by atoms with E-state index >= 15 is 0 Å². The third kappa shape index (κ3) is 10.9. The zero-order valence-corrected chi connectivity index (χ0v) is 9.63. The Hall–Kier alpha value is -1.40. The molecule has 0 aliphatic heterocycles. The van der Waals surface area contributed by atoms with Gasteiger partial charge in [0.2, 0.25) is 0 Å². The quantitative estimate of drug-likeness (QED) is 0.255. The van der Waals surface area contributed by atoms with Crippen molar-refractivity contribution < 1.29 is 29.3 Å². The first-order valence-corrected chi connectivity index (χ1v) is 5.37. The van der Waals surface area contributed by atoms with Crippen LogP contribution in [0.4, 0.5) is 0 Å². The summed E-state index contributed by atoms with van der Waals surface area (Å²) in [4.78, 5) is 20.8. The zero-order valence-electron chi connectivity index (χ0n) is 9.63. The van der Waals surface area contributed by atoms with Gasteiger partial charge < -0.3 is 19.7 Å². The molecule has 17 heavy (non-hydrogen) atoms. The van der Waals surface area contributed by atoms with Crippen molar-refractivity contribution in [2.45, 2.75) is 32.0 Å². The largest absolute Gasteiger partial charge is 0.481 e. The van der Waals surface area contributed by atoms with E-state index in [1.54, 1.807) is 0 Å². The van der Waals surface area contributed by atoms with Gasteiger partial charge in [0.1, 0.15) is 6.61 Å². The number of carbonyl (C=O) groups is 2. The van der Waals surface area contributed by atoms with Gasteiger partial charge in [0, 0.05) is 12.5 Å². The van der Waals surface area contributed by atoms with Gasteiger partial charge in [0.25, 0.3) is 0 Å². The summed E-state index contributed by atoms with van der Waals surface area (Å²) in [7, 11) is 0. The lowest BCUT2D eigenvalue weighted by Gasteiger charge is -2.11. The van der Waals surface area contributed by atoms with E-state index in [4.69, 9.17) is 9.84 Å². The van der Waals surface area contributed by atoms with Crippen LogP contribution in [-0.2, 0) is 19.1 Å². The molecule has 0 aliphatic rings. The predicted octanol–water partition coefficient (Wildman–Crippen LogP) is 0.696. The Morgan fingerprint density at radius 3 is 2.59 bits per heavy atom. The maximum atomic E-state index is 10.6. The lowest BCUT2D eigenvalue weighted by molar-refractivity contribution is -0.146. The molecule has 6 nitrogen and oxygen atoms in total. The third-order valence-corrected chi connectivity index (χ3v) is 1.90. The first-order chi connectivity index (χ1) is 8.06. The highest BCUT2D eigenvalue weighted by Gasteiger charge is 2.05. The minimum Gasteiger partial charge on any atom is -0.481 e. The summed E-state index contributed by atoms with van der Waals surface area (Å²) < 4.78 is 9.57. The molecule has 0 heterocycles. The number of ether oxygens (including phenoxy) is 2. The first kappa shape index (κ1) is 15.6. The molecular weight excluding hydrogens is 228 g/mol. The number of esters is 1. The summed E-state index contributed by atoms with van der Waals surface area (Å²) in [5.41, 5.74) is 0. The molecule has 0 fully saturated rings. The van der Waals surface area contributed by atoms with Crippen molar-refractivity contribution in [1.82, 2.24) is 0 Å². The molecule has 0 saturated carbocycles. The van der Waals surface area contributed by atoms with Crippen LogP contribution >= 0.6 is 0 Å². The highest BCUT2D eigenvalue weighted by molar-refractivity contribution is 5.81. The SMILES string of the molecule is C=CC(=O)OCCOC(O)CCCCC(=O)O. The number of aliphatic hydroxyl groups is 1. The maximum Gasteiger partial charge on any atom is 0.330 e. The number of aliphatic hydroxyl groups excluding tert-OH is 1. The molecule has 0 spiro atoms. The van der Waals surface area contributed by atoms with Crippen LogP contribution in [0.5, 0.6) is 0 Å². The number of rotatable bonds is 10. The summed E-state index contributed by atoms with van der Waals surface area (Å²) >= 11 is 0. The molecule has 0 bridgehead atoms. The standard InChI is InChI=1S/C11H18O6/c1-2-10(14)16-7-8-17-11(15)6-4-3-5-9(12)13/h2,11,15H,1,3-8H2,(H,12,13). The van der Waals surface area contributed by atoms with Crippen LogP contribution < -0.4 is 0 Å². The second-order valence-electron chi connectivity index (χ2n) is 3.34. The fourth-order valence-corrected chi connectivity index (χ4v) is 1.06. The summed E-state index contributed by atoms with van der Waals surface area (Å²) in [6.07, 6.45) is 1.61. The number of hydrogen-bond donors (Lipinski definition) is 2. The average Bonchev–Trinajstić information content (AvgIpc) is 2.29. The monoisotopic (exact) mass is 246 g/mol. The summed E-state index contributed by atoms with van der Waals surface area (Å²) in [6, 6.07) is 0. The predicted molar refractivity (Wildman–Crippen MR) is 59.2 cm³/mol. The Bertz CT molecular complexity index is 250. The van der Waals surface area contributed by atoms with E-state index in [0.717, 1.165) is 6.08 Å². The number of carboxylic acids is 1. The average molecular weight is 246 g/mol. The molecule has 6 heteroatoms. The molecule has 0 aromatic rings. The number of aliphatic carboxylic acids is 1. The lowest BCUT2D eigenvalue weighted by Crippen LogP contribution is -2.16. The Morgan fingerprint density at radius 2 is 2.00 bits per heavy atom. The normalized spacial score (nSPS) is 11.8. The Balaban J connectivity index is 3.34. The second-order valence-corrected chi connectivity index (χ2v) is 3.34. The van der Waals surface area contributed by atoms with E-state index in [-0.39, 0.29) is 19.6 Å². The maximum absolute atomic E-state index is 10.6. The fraction of sp³-hybridized carbons (Fsp3) is 0.636. The third-order valence-electron chi connectivity index (χ3n) is 1.90. The van der Waals surface area contributed by atoms with Crippen LogP contribution in [-0.4, -0.2) is 41.7 Å². The van der Waals surface area contributed by atoms with Crippen molar-refractivity contribution in [2.75, 3.05) is 13.2 Å². The molecule has 0 amide bonds. The topological polar surface area (TPSA) is 93.1 Å². The van der Waals surface area contributed by atoms with E-state index in [1.165, 1.54) is 0 Å². The van der Waals surface area contributed by atoms with Crippen LogP contribution in [0.3, 0.4) is 0 Å². The number of unbranched alkanes of at least 4 members (excludes halogenated alkanes) is 1. The van der Waals surface area contributed by atoms with Crippen LogP contribution in [0, 0.1) is 0 Å². The molecule has 0 radical (unpaired) electrons. The van der Waals surface area contributed by atoms with Crippen molar-refractivity contribution in [2.24, 2.45) is 0 Å². The van der Waals surface area contributed by atoms with Crippen LogP contribution in [0.25, 0.3) is 0 Å². The molecule has 0 aromatic heterocycles. The van der Waals surface area contributed by atoms with E-state index in [9.17, 15) is 14.7 Å². The highest BCUT2D eigenvalue weighted by atomic mass is 16.6. The highest BCUT2D eigenvalue weighted by Crippen LogP contribution is 2.04. The smallest absolute Gasteiger partial charge is 0.330 e. The Labute approximate surface area is 99.8 Å². The van der Waals surface area contributed by atoms with Gasteiger partial charge >= 0.3 is 11.9 Å². The molecule has 1 unspecified atom stereocenters. The van der Waals surface area contributed by atoms with E-state index < -0.39 is 18.2 Å². The van der Waals surface area contributed by atoms with Crippen molar-refractivity contribution in [3.05, 3.63) is 12.7 Å². The summed E-state index contributed by atoms with van der Waals surface area (Å²) in [5.74, 6) is -1.39. The van der Waals surface area contributed by atoms with Crippen molar-refractivity contribution in [3.63, 3.8) is 0 Å². The van der Waals surface area contributed by atoms with E-state index in [0.29, 0.717) is 19.3 Å². The Kier molecular flexibility index (Phi) is 8.99. The van der Waals surface area contributed by atoms with Crippen LogP contribution in [0.2, 0.25) is 0 Å². The van der Waals surface area contributed by atoms with Gasteiger partial charge in [-0.05, 0) is 19.3 Å². The van der Waals surface area contributed by atoms with Crippen LogP contribution in [0.1, 0.15) is 25.7 Å². The minimum atomic E-state index is -0.953. The summed E-state index contributed by atoms with van der Waals surface area (Å²) in [6.45, 7) is 3.38. The summed E-state index contributed by atoms with van der Waals surface area (Å²) in [5, 5.41) is 17.7. The zero-order chi connectivity index (χ0) is 13.1. The first-order valence-electron chi connectivity index (χ1n) is 5.37. The molecular formula is C11H18O6.